The number of carbonyl (C=O) groups excluding carboxylic acids is 1. The van der Waals surface area contributed by atoms with Crippen LogP contribution in [0.2, 0.25) is 0 Å². The number of rotatable bonds is 9. The number of hydrogen-bond donors (Lipinski definition) is 2. The van der Waals surface area contributed by atoms with Gasteiger partial charge in [0.1, 0.15) is 10.6 Å². The molecule has 1 atom stereocenters. The van der Waals surface area contributed by atoms with E-state index in [1.807, 2.05) is 6.92 Å². The lowest BCUT2D eigenvalue weighted by atomic mass is 10.0. The topological polar surface area (TPSA) is 84.5 Å². The number of nitrogens with one attached hydrogen (secondary N) is 2. The summed E-state index contributed by atoms with van der Waals surface area (Å²) in [6.45, 7) is 6.29. The predicted octanol–water partition coefficient (Wildman–Crippen LogP) is 2.55. The van der Waals surface area contributed by atoms with E-state index in [0.717, 1.165) is 19.3 Å². The minimum Gasteiger partial charge on any atom is -0.495 e. The van der Waals surface area contributed by atoms with Crippen molar-refractivity contribution in [2.24, 2.45) is 5.92 Å². The first kappa shape index (κ1) is 20.4. The fourth-order valence-corrected chi connectivity index (χ4v) is 3.27. The van der Waals surface area contributed by atoms with Gasteiger partial charge in [0.2, 0.25) is 10.0 Å². The smallest absolute Gasteiger partial charge is 0.251 e. The third kappa shape index (κ3) is 5.79. The molecule has 0 heterocycles. The maximum atomic E-state index is 12.4. The second-order valence-corrected chi connectivity index (χ2v) is 8.13. The van der Waals surface area contributed by atoms with Crippen molar-refractivity contribution < 1.29 is 17.9 Å². The van der Waals surface area contributed by atoms with Crippen LogP contribution in [0.25, 0.3) is 0 Å². The van der Waals surface area contributed by atoms with Gasteiger partial charge in [0.15, 0.2) is 0 Å². The Morgan fingerprint density at radius 3 is 2.42 bits per heavy atom. The van der Waals surface area contributed by atoms with E-state index in [2.05, 4.69) is 23.9 Å². The highest BCUT2D eigenvalue weighted by atomic mass is 32.2. The Labute approximate surface area is 145 Å². The summed E-state index contributed by atoms with van der Waals surface area (Å²) < 4.78 is 31.4. The maximum absolute atomic E-state index is 12.4. The van der Waals surface area contributed by atoms with Crippen LogP contribution in [0.15, 0.2) is 23.1 Å². The minimum absolute atomic E-state index is 0.0303. The molecule has 1 rings (SSSR count). The van der Waals surface area contributed by atoms with Gasteiger partial charge < -0.3 is 10.1 Å². The molecule has 0 saturated carbocycles. The van der Waals surface area contributed by atoms with Gasteiger partial charge in [-0.2, -0.15) is 0 Å². The molecular weight excluding hydrogens is 328 g/mol. The van der Waals surface area contributed by atoms with E-state index < -0.39 is 10.0 Å². The third-order valence-electron chi connectivity index (χ3n) is 3.78. The monoisotopic (exact) mass is 356 g/mol. The molecule has 6 nitrogen and oxygen atoms in total. The molecule has 0 bridgehead atoms. The van der Waals surface area contributed by atoms with Crippen molar-refractivity contribution in [3.8, 4) is 5.75 Å². The molecule has 0 aromatic heterocycles. The molecule has 136 valence electrons. The van der Waals surface area contributed by atoms with Crippen LogP contribution in [-0.4, -0.2) is 34.5 Å². The van der Waals surface area contributed by atoms with Crippen molar-refractivity contribution in [1.29, 1.82) is 0 Å². The lowest BCUT2D eigenvalue weighted by Crippen LogP contribution is -2.32. The fourth-order valence-electron chi connectivity index (χ4n) is 2.35. The summed E-state index contributed by atoms with van der Waals surface area (Å²) >= 11 is 0. The van der Waals surface area contributed by atoms with Gasteiger partial charge in [-0.05, 0) is 44.5 Å². The molecule has 0 fully saturated rings. The molecule has 1 aromatic rings. The van der Waals surface area contributed by atoms with E-state index in [4.69, 9.17) is 4.74 Å². The maximum Gasteiger partial charge on any atom is 0.251 e. The number of methoxy groups -OCH3 is 1. The van der Waals surface area contributed by atoms with Crippen molar-refractivity contribution in [2.75, 3.05) is 14.2 Å². The highest BCUT2D eigenvalue weighted by Gasteiger charge is 2.20. The summed E-state index contributed by atoms with van der Waals surface area (Å²) in [5.74, 6) is 0.553. The summed E-state index contributed by atoms with van der Waals surface area (Å²) in [5, 5.41) is 2.91. The number of sulfonamides is 1. The Kier molecular flexibility index (Phi) is 7.69. The number of benzene rings is 1. The normalized spacial score (nSPS) is 12.9. The van der Waals surface area contributed by atoms with Crippen molar-refractivity contribution in [3.63, 3.8) is 0 Å². The van der Waals surface area contributed by atoms with E-state index in [1.54, 1.807) is 6.07 Å². The van der Waals surface area contributed by atoms with Crippen molar-refractivity contribution in [1.82, 2.24) is 10.0 Å². The van der Waals surface area contributed by atoms with Gasteiger partial charge in [-0.3, -0.25) is 4.79 Å². The van der Waals surface area contributed by atoms with E-state index in [9.17, 15) is 13.2 Å². The summed E-state index contributed by atoms with van der Waals surface area (Å²) in [6, 6.07) is 4.41. The SMILES string of the molecule is CNS(=O)(=O)c1cc(C(=O)NC(C)CCCC(C)C)ccc1OC. The molecule has 2 N–H and O–H groups in total. The van der Waals surface area contributed by atoms with Crippen LogP contribution >= 0.6 is 0 Å². The molecule has 7 heteroatoms. The van der Waals surface area contributed by atoms with Crippen LogP contribution in [0.1, 0.15) is 50.4 Å². The van der Waals surface area contributed by atoms with E-state index in [0.29, 0.717) is 11.5 Å². The lowest BCUT2D eigenvalue weighted by Gasteiger charge is -2.15. The summed E-state index contributed by atoms with van der Waals surface area (Å²) in [7, 11) is -0.997. The molecule has 0 radical (unpaired) electrons. The zero-order chi connectivity index (χ0) is 18.3. The average molecular weight is 356 g/mol. The van der Waals surface area contributed by atoms with Gasteiger partial charge in [-0.15, -0.1) is 0 Å². The van der Waals surface area contributed by atoms with Gasteiger partial charge >= 0.3 is 0 Å². The number of ether oxygens (including phenoxy) is 1. The molecular formula is C17H28N2O4S. The number of carbonyl (C=O) groups is 1. The first-order valence-corrected chi connectivity index (χ1v) is 9.62. The Morgan fingerprint density at radius 1 is 1.21 bits per heavy atom. The highest BCUT2D eigenvalue weighted by Crippen LogP contribution is 2.24. The van der Waals surface area contributed by atoms with Gasteiger partial charge in [0, 0.05) is 11.6 Å². The number of amides is 1. The van der Waals surface area contributed by atoms with Crippen LogP contribution in [-0.2, 0) is 10.0 Å². The molecule has 0 aliphatic heterocycles. The molecule has 0 aliphatic carbocycles. The molecule has 1 unspecified atom stereocenters. The zero-order valence-electron chi connectivity index (χ0n) is 15.0. The Bertz CT molecular complexity index is 657. The molecule has 1 amide bonds. The molecule has 24 heavy (non-hydrogen) atoms. The van der Waals surface area contributed by atoms with Crippen LogP contribution in [0.5, 0.6) is 5.75 Å². The van der Waals surface area contributed by atoms with Crippen LogP contribution in [0.4, 0.5) is 0 Å². The molecule has 0 saturated heterocycles. The Balaban J connectivity index is 2.86. The van der Waals surface area contributed by atoms with Crippen LogP contribution in [0, 0.1) is 5.92 Å². The van der Waals surface area contributed by atoms with Crippen molar-refractivity contribution in [2.45, 2.75) is 51.0 Å². The second kappa shape index (κ2) is 9.03. The van der Waals surface area contributed by atoms with Crippen LogP contribution < -0.4 is 14.8 Å². The second-order valence-electron chi connectivity index (χ2n) is 6.27. The minimum atomic E-state index is -3.70. The van der Waals surface area contributed by atoms with Crippen molar-refractivity contribution >= 4 is 15.9 Å². The first-order valence-electron chi connectivity index (χ1n) is 8.13. The van der Waals surface area contributed by atoms with Gasteiger partial charge in [-0.1, -0.05) is 26.7 Å². The van der Waals surface area contributed by atoms with Gasteiger partial charge in [-0.25, -0.2) is 13.1 Å². The van der Waals surface area contributed by atoms with Gasteiger partial charge in [0.05, 0.1) is 7.11 Å². The van der Waals surface area contributed by atoms with Crippen LogP contribution in [0.3, 0.4) is 0 Å². The molecule has 0 spiro atoms. The summed E-state index contributed by atoms with van der Waals surface area (Å²) in [6.07, 6.45) is 3.05. The average Bonchev–Trinajstić information content (AvgIpc) is 2.53. The Morgan fingerprint density at radius 2 is 1.88 bits per heavy atom. The first-order chi connectivity index (χ1) is 11.2. The molecule has 0 aliphatic rings. The largest absolute Gasteiger partial charge is 0.495 e. The lowest BCUT2D eigenvalue weighted by molar-refractivity contribution is 0.0937. The third-order valence-corrected chi connectivity index (χ3v) is 5.22. The predicted molar refractivity (Wildman–Crippen MR) is 94.9 cm³/mol. The van der Waals surface area contributed by atoms with E-state index >= 15 is 0 Å². The molecule has 1 aromatic carbocycles. The Hall–Kier alpha value is -1.60. The fraction of sp³-hybridized carbons (Fsp3) is 0.588. The zero-order valence-corrected chi connectivity index (χ0v) is 15.9. The van der Waals surface area contributed by atoms with Crippen molar-refractivity contribution in [3.05, 3.63) is 23.8 Å². The standard InChI is InChI=1S/C17H28N2O4S/c1-12(2)7-6-8-13(3)19-17(20)14-9-10-15(23-5)16(11-14)24(21,22)18-4/h9-13,18H,6-8H2,1-5H3,(H,19,20). The number of hydrogen-bond acceptors (Lipinski definition) is 4. The van der Waals surface area contributed by atoms with Gasteiger partial charge in [0.25, 0.3) is 5.91 Å². The highest BCUT2D eigenvalue weighted by molar-refractivity contribution is 7.89. The summed E-state index contributed by atoms with van der Waals surface area (Å²) in [5.41, 5.74) is 0.292. The quantitative estimate of drug-likeness (QED) is 0.712. The summed E-state index contributed by atoms with van der Waals surface area (Å²) in [4.78, 5) is 12.3. The van der Waals surface area contributed by atoms with E-state index in [1.165, 1.54) is 26.3 Å². The van der Waals surface area contributed by atoms with E-state index in [-0.39, 0.29) is 22.6 Å².